The number of rotatable bonds is 3. The Morgan fingerprint density at radius 3 is 2.64 bits per heavy atom. The van der Waals surface area contributed by atoms with Crippen molar-refractivity contribution in [1.29, 1.82) is 0 Å². The molecule has 0 aliphatic heterocycles. The lowest BCUT2D eigenvalue weighted by molar-refractivity contribution is 0.571. The Hall–Kier alpha value is -3.79. The van der Waals surface area contributed by atoms with E-state index in [4.69, 9.17) is 5.73 Å². The van der Waals surface area contributed by atoms with E-state index in [0.717, 1.165) is 33.4 Å². The van der Waals surface area contributed by atoms with Crippen molar-refractivity contribution in [3.63, 3.8) is 0 Å². The Labute approximate surface area is 162 Å². The van der Waals surface area contributed by atoms with Crippen LogP contribution < -0.4 is 11.1 Å². The molecule has 0 radical (unpaired) electrons. The second-order valence-corrected chi connectivity index (χ2v) is 7.58. The molecule has 3 aromatic heterocycles. The van der Waals surface area contributed by atoms with Crippen LogP contribution in [0, 0.1) is 17.3 Å². The number of nitrogens with two attached hydrogens (primary N) is 1. The molecule has 140 valence electrons. The van der Waals surface area contributed by atoms with Crippen LogP contribution in [0.25, 0.3) is 22.0 Å². The maximum atomic E-state index is 6.07. The average molecular weight is 371 g/mol. The maximum absolute atomic E-state index is 6.07. The normalized spacial score (nSPS) is 11.2. The Morgan fingerprint density at radius 2 is 1.89 bits per heavy atom. The Bertz CT molecular complexity index is 1190. The van der Waals surface area contributed by atoms with Crippen LogP contribution in [-0.2, 0) is 0 Å². The van der Waals surface area contributed by atoms with Crippen LogP contribution in [0.5, 0.6) is 0 Å². The molecular weight excluding hydrogens is 350 g/mol. The first-order chi connectivity index (χ1) is 13.4. The van der Waals surface area contributed by atoms with Crippen LogP contribution in [0.1, 0.15) is 26.3 Å². The standard InChI is InChI=1S/C21H21N7/c1-21(2,3)7-4-14-10-15(11-16-19(14)27-28-20(16)22)13-5-8-23-18(12-13)25-17-6-9-24-26-17/h5-6,8-12H,1-3H3,(H3,22,27,28)(H2,23,24,25,26). The number of H-pyrrole nitrogens is 2. The van der Waals surface area contributed by atoms with Gasteiger partial charge in [0.2, 0.25) is 0 Å². The van der Waals surface area contributed by atoms with Crippen molar-refractivity contribution in [1.82, 2.24) is 25.4 Å². The molecule has 0 unspecified atom stereocenters. The van der Waals surface area contributed by atoms with Crippen LogP contribution in [-0.4, -0.2) is 25.4 Å². The van der Waals surface area contributed by atoms with Crippen LogP contribution in [0.4, 0.5) is 17.5 Å². The summed E-state index contributed by atoms with van der Waals surface area (Å²) in [7, 11) is 0. The summed E-state index contributed by atoms with van der Waals surface area (Å²) in [6.07, 6.45) is 3.44. The maximum Gasteiger partial charge on any atom is 0.153 e. The quantitative estimate of drug-likeness (QED) is 0.406. The Kier molecular flexibility index (Phi) is 4.24. The van der Waals surface area contributed by atoms with Crippen molar-refractivity contribution < 1.29 is 0 Å². The third kappa shape index (κ3) is 3.67. The molecule has 4 rings (SSSR count). The van der Waals surface area contributed by atoms with Gasteiger partial charge in [-0.05, 0) is 56.2 Å². The summed E-state index contributed by atoms with van der Waals surface area (Å²) in [6.45, 7) is 6.25. The molecule has 0 saturated heterocycles. The molecular formula is C21H21N7. The van der Waals surface area contributed by atoms with Crippen molar-refractivity contribution in [3.8, 4) is 23.0 Å². The second kappa shape index (κ2) is 6.74. The van der Waals surface area contributed by atoms with Gasteiger partial charge in [0.1, 0.15) is 11.6 Å². The first-order valence-corrected chi connectivity index (χ1v) is 8.93. The van der Waals surface area contributed by atoms with Crippen LogP contribution >= 0.6 is 0 Å². The fraction of sp³-hybridized carbons (Fsp3) is 0.190. The Balaban J connectivity index is 1.80. The van der Waals surface area contributed by atoms with Crippen LogP contribution in [0.15, 0.2) is 42.7 Å². The Morgan fingerprint density at radius 1 is 1.04 bits per heavy atom. The molecule has 5 N–H and O–H groups in total. The zero-order valence-corrected chi connectivity index (χ0v) is 16.0. The highest BCUT2D eigenvalue weighted by Crippen LogP contribution is 2.30. The molecule has 1 aromatic carbocycles. The van der Waals surface area contributed by atoms with Gasteiger partial charge in [0.25, 0.3) is 0 Å². The zero-order chi connectivity index (χ0) is 19.7. The molecule has 28 heavy (non-hydrogen) atoms. The van der Waals surface area contributed by atoms with Crippen LogP contribution in [0.2, 0.25) is 0 Å². The highest BCUT2D eigenvalue weighted by Gasteiger charge is 2.12. The van der Waals surface area contributed by atoms with E-state index in [1.165, 1.54) is 0 Å². The minimum atomic E-state index is -0.105. The average Bonchev–Trinajstić information content (AvgIpc) is 3.29. The topological polar surface area (TPSA) is 108 Å². The van der Waals surface area contributed by atoms with Crippen molar-refractivity contribution in [2.75, 3.05) is 11.1 Å². The molecule has 0 atom stereocenters. The largest absolute Gasteiger partial charge is 0.382 e. The van der Waals surface area contributed by atoms with Gasteiger partial charge in [-0.25, -0.2) is 4.98 Å². The van der Waals surface area contributed by atoms with Gasteiger partial charge >= 0.3 is 0 Å². The van der Waals surface area contributed by atoms with Gasteiger partial charge in [0.15, 0.2) is 5.82 Å². The summed E-state index contributed by atoms with van der Waals surface area (Å²) in [4.78, 5) is 4.37. The number of aromatic amines is 2. The fourth-order valence-corrected chi connectivity index (χ4v) is 2.80. The van der Waals surface area contributed by atoms with Gasteiger partial charge in [-0.15, -0.1) is 0 Å². The third-order valence-electron chi connectivity index (χ3n) is 4.13. The molecule has 0 fully saturated rings. The number of aromatic nitrogens is 5. The predicted molar refractivity (Wildman–Crippen MR) is 112 cm³/mol. The van der Waals surface area contributed by atoms with Crippen molar-refractivity contribution in [2.24, 2.45) is 5.41 Å². The third-order valence-corrected chi connectivity index (χ3v) is 4.13. The molecule has 0 spiro atoms. The molecule has 7 heteroatoms. The monoisotopic (exact) mass is 371 g/mol. The smallest absolute Gasteiger partial charge is 0.153 e. The molecule has 0 bridgehead atoms. The lowest BCUT2D eigenvalue weighted by Gasteiger charge is -2.09. The highest BCUT2D eigenvalue weighted by atomic mass is 15.2. The lowest BCUT2D eigenvalue weighted by Crippen LogP contribution is -1.99. The molecule has 0 saturated carbocycles. The molecule has 0 amide bonds. The number of hydrogen-bond donors (Lipinski definition) is 4. The number of fused-ring (bicyclic) bond motifs is 1. The van der Waals surface area contributed by atoms with Crippen molar-refractivity contribution in [2.45, 2.75) is 20.8 Å². The molecule has 3 heterocycles. The van der Waals surface area contributed by atoms with Gasteiger partial charge in [0, 0.05) is 23.1 Å². The lowest BCUT2D eigenvalue weighted by atomic mass is 9.96. The fourth-order valence-electron chi connectivity index (χ4n) is 2.80. The van der Waals surface area contributed by atoms with E-state index < -0.39 is 0 Å². The molecule has 4 aromatic rings. The first-order valence-electron chi connectivity index (χ1n) is 8.93. The molecule has 0 aliphatic carbocycles. The van der Waals surface area contributed by atoms with E-state index in [9.17, 15) is 0 Å². The number of benzene rings is 1. The predicted octanol–water partition coefficient (Wildman–Crippen LogP) is 4.07. The summed E-state index contributed by atoms with van der Waals surface area (Å²) in [5, 5.41) is 18.0. The van der Waals surface area contributed by atoms with E-state index in [2.05, 4.69) is 63.3 Å². The molecule has 7 nitrogen and oxygen atoms in total. The number of pyridine rings is 1. The van der Waals surface area contributed by atoms with E-state index in [1.807, 2.05) is 30.3 Å². The first kappa shape index (κ1) is 17.6. The van der Waals surface area contributed by atoms with E-state index in [0.29, 0.717) is 11.6 Å². The van der Waals surface area contributed by atoms with E-state index in [1.54, 1.807) is 12.4 Å². The summed E-state index contributed by atoms with van der Waals surface area (Å²) in [6, 6.07) is 9.84. The molecule has 0 aliphatic rings. The zero-order valence-electron chi connectivity index (χ0n) is 16.0. The van der Waals surface area contributed by atoms with Gasteiger partial charge in [0.05, 0.1) is 17.3 Å². The van der Waals surface area contributed by atoms with E-state index in [-0.39, 0.29) is 5.41 Å². The SMILES string of the molecule is CC(C)(C)C#Cc1cc(-c2ccnc(Nc3ccn[nH]3)c2)cc2c(N)n[nH]c12. The van der Waals surface area contributed by atoms with Crippen molar-refractivity contribution in [3.05, 3.63) is 48.3 Å². The number of hydrogen-bond acceptors (Lipinski definition) is 5. The number of anilines is 3. The summed E-state index contributed by atoms with van der Waals surface area (Å²) >= 11 is 0. The summed E-state index contributed by atoms with van der Waals surface area (Å²) < 4.78 is 0. The number of nitrogen functional groups attached to an aromatic ring is 1. The summed E-state index contributed by atoms with van der Waals surface area (Å²) in [5.74, 6) is 8.51. The number of nitrogens with zero attached hydrogens (tertiary/aromatic N) is 3. The van der Waals surface area contributed by atoms with Gasteiger partial charge < -0.3 is 11.1 Å². The number of nitrogens with one attached hydrogen (secondary N) is 3. The highest BCUT2D eigenvalue weighted by molar-refractivity contribution is 5.96. The summed E-state index contributed by atoms with van der Waals surface area (Å²) in [5.41, 5.74) is 9.67. The van der Waals surface area contributed by atoms with Crippen molar-refractivity contribution >= 4 is 28.4 Å². The second-order valence-electron chi connectivity index (χ2n) is 7.58. The van der Waals surface area contributed by atoms with Gasteiger partial charge in [-0.1, -0.05) is 11.8 Å². The van der Waals surface area contributed by atoms with Gasteiger partial charge in [-0.3, -0.25) is 10.2 Å². The van der Waals surface area contributed by atoms with Gasteiger partial charge in [-0.2, -0.15) is 10.2 Å². The van der Waals surface area contributed by atoms with Crippen LogP contribution in [0.3, 0.4) is 0 Å². The minimum absolute atomic E-state index is 0.105. The van der Waals surface area contributed by atoms with E-state index >= 15 is 0 Å². The minimum Gasteiger partial charge on any atom is -0.382 e.